The minimum absolute atomic E-state index is 0.224. The molecule has 0 saturated heterocycles. The van der Waals surface area contributed by atoms with Gasteiger partial charge in [-0.1, -0.05) is 42.5 Å². The van der Waals surface area contributed by atoms with Gasteiger partial charge in [-0.15, -0.1) is 0 Å². The third-order valence-electron chi connectivity index (χ3n) is 4.06. The highest BCUT2D eigenvalue weighted by molar-refractivity contribution is 6.05. The van der Waals surface area contributed by atoms with E-state index in [4.69, 9.17) is 4.42 Å². The molecule has 0 unspecified atom stereocenters. The first kappa shape index (κ1) is 17.4. The average molecular weight is 371 g/mol. The van der Waals surface area contributed by atoms with Crippen molar-refractivity contribution in [1.29, 1.82) is 0 Å². The number of urea groups is 1. The van der Waals surface area contributed by atoms with E-state index in [2.05, 4.69) is 16.0 Å². The van der Waals surface area contributed by atoms with Crippen LogP contribution in [0.2, 0.25) is 0 Å². The van der Waals surface area contributed by atoms with Crippen LogP contribution >= 0.6 is 0 Å². The Morgan fingerprint density at radius 2 is 1.29 bits per heavy atom. The highest BCUT2D eigenvalue weighted by Crippen LogP contribution is 2.21. The number of fused-ring (bicyclic) bond motifs is 1. The van der Waals surface area contributed by atoms with Crippen LogP contribution in [0, 0.1) is 0 Å². The standard InChI is InChI=1S/C22H17N3O3/c26-21(20-13-15-7-4-5-12-19(15)28-20)23-17-10-6-11-18(14-17)25-22(27)24-16-8-2-1-3-9-16/h1-14H,(H,23,26)(H2,24,25,27). The van der Waals surface area contributed by atoms with Gasteiger partial charge in [0.05, 0.1) is 0 Å². The van der Waals surface area contributed by atoms with Crippen molar-refractivity contribution >= 4 is 40.0 Å². The largest absolute Gasteiger partial charge is 0.451 e. The molecule has 4 rings (SSSR count). The molecule has 138 valence electrons. The van der Waals surface area contributed by atoms with Crippen molar-refractivity contribution < 1.29 is 14.0 Å². The number of benzene rings is 3. The second-order valence-electron chi connectivity index (χ2n) is 6.13. The minimum Gasteiger partial charge on any atom is -0.451 e. The number of hydrogen-bond acceptors (Lipinski definition) is 3. The molecule has 0 saturated carbocycles. The highest BCUT2D eigenvalue weighted by Gasteiger charge is 2.12. The van der Waals surface area contributed by atoms with E-state index in [1.54, 1.807) is 42.5 Å². The van der Waals surface area contributed by atoms with Crippen LogP contribution in [0.5, 0.6) is 0 Å². The van der Waals surface area contributed by atoms with E-state index in [0.717, 1.165) is 5.39 Å². The van der Waals surface area contributed by atoms with Gasteiger partial charge in [0, 0.05) is 22.4 Å². The molecule has 6 nitrogen and oxygen atoms in total. The maximum Gasteiger partial charge on any atom is 0.323 e. The molecular formula is C22H17N3O3. The Morgan fingerprint density at radius 3 is 2.07 bits per heavy atom. The van der Waals surface area contributed by atoms with Crippen LogP contribution in [-0.4, -0.2) is 11.9 Å². The first-order valence-corrected chi connectivity index (χ1v) is 8.70. The third kappa shape index (κ3) is 4.02. The van der Waals surface area contributed by atoms with Crippen LogP contribution in [0.3, 0.4) is 0 Å². The molecule has 0 aliphatic carbocycles. The van der Waals surface area contributed by atoms with Gasteiger partial charge in [0.25, 0.3) is 5.91 Å². The minimum atomic E-state index is -0.369. The number of amides is 3. The summed E-state index contributed by atoms with van der Waals surface area (Å²) in [5.74, 6) is -0.136. The smallest absolute Gasteiger partial charge is 0.323 e. The molecule has 0 aliphatic rings. The molecule has 0 spiro atoms. The number of rotatable bonds is 4. The zero-order chi connectivity index (χ0) is 19.3. The lowest BCUT2D eigenvalue weighted by molar-refractivity contribution is 0.0998. The lowest BCUT2D eigenvalue weighted by atomic mass is 10.2. The van der Waals surface area contributed by atoms with Gasteiger partial charge in [-0.05, 0) is 42.5 Å². The van der Waals surface area contributed by atoms with E-state index in [1.165, 1.54) is 0 Å². The normalized spacial score (nSPS) is 10.4. The fraction of sp³-hybridized carbons (Fsp3) is 0. The summed E-state index contributed by atoms with van der Waals surface area (Å²) in [5.41, 5.74) is 2.44. The second kappa shape index (κ2) is 7.67. The van der Waals surface area contributed by atoms with Crippen molar-refractivity contribution in [3.8, 4) is 0 Å². The SMILES string of the molecule is O=C(Nc1ccccc1)Nc1cccc(NC(=O)c2cc3ccccc3o2)c1. The molecular weight excluding hydrogens is 354 g/mol. The van der Waals surface area contributed by atoms with Crippen molar-refractivity contribution in [2.24, 2.45) is 0 Å². The number of carbonyl (C=O) groups excluding carboxylic acids is 2. The van der Waals surface area contributed by atoms with Gasteiger partial charge in [0.15, 0.2) is 5.76 Å². The van der Waals surface area contributed by atoms with Gasteiger partial charge in [-0.25, -0.2) is 4.79 Å². The lowest BCUT2D eigenvalue weighted by Gasteiger charge is -2.09. The summed E-state index contributed by atoms with van der Waals surface area (Å²) in [4.78, 5) is 24.6. The first-order chi connectivity index (χ1) is 13.7. The van der Waals surface area contributed by atoms with Crippen molar-refractivity contribution in [2.45, 2.75) is 0 Å². The molecule has 4 aromatic rings. The molecule has 28 heavy (non-hydrogen) atoms. The first-order valence-electron chi connectivity index (χ1n) is 8.70. The zero-order valence-corrected chi connectivity index (χ0v) is 14.8. The quantitative estimate of drug-likeness (QED) is 0.453. The summed E-state index contributed by atoms with van der Waals surface area (Å²) in [7, 11) is 0. The summed E-state index contributed by atoms with van der Waals surface area (Å²) in [6.07, 6.45) is 0. The number of hydrogen-bond donors (Lipinski definition) is 3. The molecule has 0 radical (unpaired) electrons. The predicted octanol–water partition coefficient (Wildman–Crippen LogP) is 5.33. The van der Waals surface area contributed by atoms with Crippen LogP contribution in [0.15, 0.2) is 89.3 Å². The number of nitrogens with one attached hydrogen (secondary N) is 3. The highest BCUT2D eigenvalue weighted by atomic mass is 16.3. The molecule has 0 aliphatic heterocycles. The summed E-state index contributed by atoms with van der Waals surface area (Å²) in [5, 5.41) is 9.12. The fourth-order valence-electron chi connectivity index (χ4n) is 2.78. The average Bonchev–Trinajstić information content (AvgIpc) is 3.13. The van der Waals surface area contributed by atoms with E-state index in [9.17, 15) is 9.59 Å². The Labute approximate surface area is 161 Å². The number of para-hydroxylation sites is 2. The topological polar surface area (TPSA) is 83.4 Å². The Kier molecular flexibility index (Phi) is 4.76. The van der Waals surface area contributed by atoms with Gasteiger partial charge in [-0.3, -0.25) is 4.79 Å². The van der Waals surface area contributed by atoms with Crippen molar-refractivity contribution in [3.63, 3.8) is 0 Å². The van der Waals surface area contributed by atoms with Crippen molar-refractivity contribution in [1.82, 2.24) is 0 Å². The van der Waals surface area contributed by atoms with Crippen LogP contribution in [0.25, 0.3) is 11.0 Å². The monoisotopic (exact) mass is 371 g/mol. The number of anilines is 3. The summed E-state index contributed by atoms with van der Waals surface area (Å²) in [6.45, 7) is 0. The van der Waals surface area contributed by atoms with Crippen LogP contribution < -0.4 is 16.0 Å². The van der Waals surface area contributed by atoms with E-state index >= 15 is 0 Å². The summed E-state index contributed by atoms with van der Waals surface area (Å²) < 4.78 is 5.57. The van der Waals surface area contributed by atoms with E-state index < -0.39 is 0 Å². The molecule has 6 heteroatoms. The third-order valence-corrected chi connectivity index (χ3v) is 4.06. The molecule has 3 aromatic carbocycles. The predicted molar refractivity (Wildman–Crippen MR) is 110 cm³/mol. The maximum absolute atomic E-state index is 12.5. The lowest BCUT2D eigenvalue weighted by Crippen LogP contribution is -2.19. The van der Waals surface area contributed by atoms with Gasteiger partial charge in [0.2, 0.25) is 0 Å². The van der Waals surface area contributed by atoms with E-state index in [0.29, 0.717) is 22.6 Å². The fourth-order valence-corrected chi connectivity index (χ4v) is 2.78. The number of carbonyl (C=O) groups is 2. The molecule has 3 N–H and O–H groups in total. The zero-order valence-electron chi connectivity index (χ0n) is 14.8. The van der Waals surface area contributed by atoms with Crippen molar-refractivity contribution in [3.05, 3.63) is 90.7 Å². The Morgan fingerprint density at radius 1 is 0.643 bits per heavy atom. The van der Waals surface area contributed by atoms with E-state index in [-0.39, 0.29) is 17.7 Å². The Hall–Kier alpha value is -4.06. The molecule has 0 fully saturated rings. The molecule has 1 heterocycles. The second-order valence-corrected chi connectivity index (χ2v) is 6.13. The molecule has 3 amide bonds. The Balaban J connectivity index is 1.43. The molecule has 1 aromatic heterocycles. The van der Waals surface area contributed by atoms with Gasteiger partial charge in [0.1, 0.15) is 5.58 Å². The van der Waals surface area contributed by atoms with Crippen LogP contribution in [0.1, 0.15) is 10.6 Å². The molecule has 0 atom stereocenters. The van der Waals surface area contributed by atoms with Crippen LogP contribution in [-0.2, 0) is 0 Å². The van der Waals surface area contributed by atoms with Gasteiger partial charge >= 0.3 is 6.03 Å². The summed E-state index contributed by atoms with van der Waals surface area (Å²) in [6, 6.07) is 24.8. The summed E-state index contributed by atoms with van der Waals surface area (Å²) >= 11 is 0. The van der Waals surface area contributed by atoms with E-state index in [1.807, 2.05) is 42.5 Å². The van der Waals surface area contributed by atoms with Gasteiger partial charge in [-0.2, -0.15) is 0 Å². The van der Waals surface area contributed by atoms with Crippen LogP contribution in [0.4, 0.5) is 21.9 Å². The number of furan rings is 1. The van der Waals surface area contributed by atoms with Gasteiger partial charge < -0.3 is 20.4 Å². The van der Waals surface area contributed by atoms with Crippen molar-refractivity contribution in [2.75, 3.05) is 16.0 Å². The maximum atomic E-state index is 12.5. The Bertz CT molecular complexity index is 1100. The molecule has 0 bridgehead atoms.